The summed E-state index contributed by atoms with van der Waals surface area (Å²) < 4.78 is 5.32. The Labute approximate surface area is 105 Å². The molecule has 0 unspecified atom stereocenters. The average molecular weight is 245 g/mol. The molecule has 0 radical (unpaired) electrons. The molecule has 0 aromatic rings. The number of nitrogens with one attached hydrogen (secondary N) is 1. The molecule has 0 aromatic heterocycles. The predicted molar refractivity (Wildman–Crippen MR) is 70.0 cm³/mol. The van der Waals surface area contributed by atoms with E-state index in [4.69, 9.17) is 10.5 Å². The van der Waals surface area contributed by atoms with Crippen molar-refractivity contribution in [1.29, 1.82) is 0 Å². The van der Waals surface area contributed by atoms with Crippen molar-refractivity contribution in [3.05, 3.63) is 0 Å². The standard InChI is InChI=1S/C12H27N3O2/c1-5-15(10-6-8-14-9-7-13)11(16)17-12(2,3)4/h14H,5-10,13H2,1-4H3. The molecular formula is C12H27N3O2. The Morgan fingerprint density at radius 3 is 2.47 bits per heavy atom. The summed E-state index contributed by atoms with van der Waals surface area (Å²) in [4.78, 5) is 13.5. The highest BCUT2D eigenvalue weighted by atomic mass is 16.6. The minimum absolute atomic E-state index is 0.237. The third kappa shape index (κ3) is 8.94. The molecule has 5 heteroatoms. The molecule has 0 rings (SSSR count). The summed E-state index contributed by atoms with van der Waals surface area (Å²) in [5.41, 5.74) is 4.94. The molecular weight excluding hydrogens is 218 g/mol. The lowest BCUT2D eigenvalue weighted by Crippen LogP contribution is -2.38. The molecule has 0 saturated heterocycles. The van der Waals surface area contributed by atoms with Crippen LogP contribution >= 0.6 is 0 Å². The van der Waals surface area contributed by atoms with Crippen molar-refractivity contribution < 1.29 is 9.53 Å². The first-order chi connectivity index (χ1) is 7.90. The van der Waals surface area contributed by atoms with Crippen molar-refractivity contribution >= 4 is 6.09 Å². The van der Waals surface area contributed by atoms with Gasteiger partial charge in [-0.15, -0.1) is 0 Å². The van der Waals surface area contributed by atoms with Crippen molar-refractivity contribution in [3.63, 3.8) is 0 Å². The molecule has 102 valence electrons. The van der Waals surface area contributed by atoms with E-state index < -0.39 is 5.60 Å². The molecule has 5 nitrogen and oxygen atoms in total. The lowest BCUT2D eigenvalue weighted by Gasteiger charge is -2.26. The van der Waals surface area contributed by atoms with Crippen LogP contribution < -0.4 is 11.1 Å². The predicted octanol–water partition coefficient (Wildman–Crippen LogP) is 1.18. The van der Waals surface area contributed by atoms with Gasteiger partial charge in [-0.2, -0.15) is 0 Å². The van der Waals surface area contributed by atoms with Gasteiger partial charge >= 0.3 is 6.09 Å². The first-order valence-electron chi connectivity index (χ1n) is 6.29. The van der Waals surface area contributed by atoms with Gasteiger partial charge in [-0.25, -0.2) is 4.79 Å². The molecule has 3 N–H and O–H groups in total. The summed E-state index contributed by atoms with van der Waals surface area (Å²) in [6.45, 7) is 11.3. The summed E-state index contributed by atoms with van der Waals surface area (Å²) in [6, 6.07) is 0. The van der Waals surface area contributed by atoms with Crippen LogP contribution in [0.3, 0.4) is 0 Å². The number of amides is 1. The molecule has 17 heavy (non-hydrogen) atoms. The first kappa shape index (κ1) is 16.2. The van der Waals surface area contributed by atoms with Crippen molar-refractivity contribution in [3.8, 4) is 0 Å². The minimum atomic E-state index is -0.428. The zero-order valence-corrected chi connectivity index (χ0v) is 11.6. The third-order valence-electron chi connectivity index (χ3n) is 2.14. The number of hydrogen-bond donors (Lipinski definition) is 2. The van der Waals surface area contributed by atoms with Gasteiger partial charge in [0, 0.05) is 26.2 Å². The maximum atomic E-state index is 11.8. The van der Waals surface area contributed by atoms with Gasteiger partial charge in [0.2, 0.25) is 0 Å². The van der Waals surface area contributed by atoms with Gasteiger partial charge < -0.3 is 20.7 Å². The summed E-state index contributed by atoms with van der Waals surface area (Å²) in [7, 11) is 0. The molecule has 1 amide bonds. The molecule has 0 heterocycles. The van der Waals surface area contributed by atoms with Gasteiger partial charge in [-0.3, -0.25) is 0 Å². The maximum Gasteiger partial charge on any atom is 0.410 e. The Morgan fingerprint density at radius 2 is 2.00 bits per heavy atom. The number of rotatable bonds is 7. The van der Waals surface area contributed by atoms with Crippen LogP contribution in [0.4, 0.5) is 4.79 Å². The van der Waals surface area contributed by atoms with Gasteiger partial charge in [0.1, 0.15) is 5.60 Å². The van der Waals surface area contributed by atoms with Gasteiger partial charge in [0.25, 0.3) is 0 Å². The van der Waals surface area contributed by atoms with E-state index in [9.17, 15) is 4.79 Å². The van der Waals surface area contributed by atoms with Crippen LogP contribution in [0, 0.1) is 0 Å². The number of hydrogen-bond acceptors (Lipinski definition) is 4. The van der Waals surface area contributed by atoms with E-state index in [1.54, 1.807) is 4.90 Å². The Bertz CT molecular complexity index is 214. The molecule has 0 aromatic carbocycles. The topological polar surface area (TPSA) is 67.6 Å². The SMILES string of the molecule is CCN(CCCNCCN)C(=O)OC(C)(C)C. The molecule has 0 aliphatic rings. The molecule has 0 fully saturated rings. The Kier molecular flexibility index (Phi) is 7.91. The number of ether oxygens (including phenoxy) is 1. The van der Waals surface area contributed by atoms with Crippen LogP contribution in [0.5, 0.6) is 0 Å². The normalized spacial score (nSPS) is 11.4. The smallest absolute Gasteiger partial charge is 0.410 e. The lowest BCUT2D eigenvalue weighted by atomic mass is 10.2. The van der Waals surface area contributed by atoms with Gasteiger partial charge in [-0.05, 0) is 40.7 Å². The van der Waals surface area contributed by atoms with Crippen molar-refractivity contribution in [2.75, 3.05) is 32.7 Å². The Morgan fingerprint density at radius 1 is 1.35 bits per heavy atom. The van der Waals surface area contributed by atoms with E-state index in [1.807, 2.05) is 27.7 Å². The Balaban J connectivity index is 3.86. The van der Waals surface area contributed by atoms with Gasteiger partial charge in [0.15, 0.2) is 0 Å². The second-order valence-electron chi connectivity index (χ2n) is 4.95. The van der Waals surface area contributed by atoms with Crippen LogP contribution in [-0.2, 0) is 4.74 Å². The monoisotopic (exact) mass is 245 g/mol. The lowest BCUT2D eigenvalue weighted by molar-refractivity contribution is 0.0258. The third-order valence-corrected chi connectivity index (χ3v) is 2.14. The summed E-state index contributed by atoms with van der Waals surface area (Å²) in [6.07, 6.45) is 0.673. The highest BCUT2D eigenvalue weighted by Gasteiger charge is 2.20. The van der Waals surface area contributed by atoms with Crippen LogP contribution in [-0.4, -0.2) is 49.3 Å². The van der Waals surface area contributed by atoms with E-state index in [1.165, 1.54) is 0 Å². The van der Waals surface area contributed by atoms with E-state index in [0.29, 0.717) is 19.6 Å². The summed E-state index contributed by atoms with van der Waals surface area (Å²) >= 11 is 0. The van der Waals surface area contributed by atoms with E-state index in [-0.39, 0.29) is 6.09 Å². The number of nitrogens with zero attached hydrogens (tertiary/aromatic N) is 1. The first-order valence-corrected chi connectivity index (χ1v) is 6.29. The summed E-state index contributed by atoms with van der Waals surface area (Å²) in [5, 5.41) is 3.20. The second-order valence-corrected chi connectivity index (χ2v) is 4.95. The molecule has 0 aliphatic carbocycles. The van der Waals surface area contributed by atoms with Gasteiger partial charge in [0.05, 0.1) is 0 Å². The number of carbonyl (C=O) groups is 1. The zero-order valence-electron chi connectivity index (χ0n) is 11.6. The van der Waals surface area contributed by atoms with Crippen molar-refractivity contribution in [1.82, 2.24) is 10.2 Å². The van der Waals surface area contributed by atoms with Crippen molar-refractivity contribution in [2.45, 2.75) is 39.7 Å². The Hall–Kier alpha value is -0.810. The number of nitrogens with two attached hydrogens (primary N) is 1. The minimum Gasteiger partial charge on any atom is -0.444 e. The fourth-order valence-electron chi connectivity index (χ4n) is 1.33. The quantitative estimate of drug-likeness (QED) is 0.661. The maximum absolute atomic E-state index is 11.8. The highest BCUT2D eigenvalue weighted by molar-refractivity contribution is 5.68. The average Bonchev–Trinajstić information content (AvgIpc) is 2.20. The van der Waals surface area contributed by atoms with Crippen LogP contribution in [0.15, 0.2) is 0 Å². The zero-order chi connectivity index (χ0) is 13.3. The van der Waals surface area contributed by atoms with Gasteiger partial charge in [-0.1, -0.05) is 0 Å². The largest absolute Gasteiger partial charge is 0.444 e. The molecule has 0 bridgehead atoms. The molecule has 0 spiro atoms. The fourth-order valence-corrected chi connectivity index (χ4v) is 1.33. The van der Waals surface area contributed by atoms with Crippen molar-refractivity contribution in [2.24, 2.45) is 5.73 Å². The van der Waals surface area contributed by atoms with E-state index >= 15 is 0 Å². The van der Waals surface area contributed by atoms with Crippen LogP contribution in [0.2, 0.25) is 0 Å². The summed E-state index contributed by atoms with van der Waals surface area (Å²) in [5.74, 6) is 0. The number of carbonyl (C=O) groups excluding carboxylic acids is 1. The highest BCUT2D eigenvalue weighted by Crippen LogP contribution is 2.09. The molecule has 0 saturated carbocycles. The molecule has 0 atom stereocenters. The second kappa shape index (κ2) is 8.31. The molecule has 0 aliphatic heterocycles. The van der Waals surface area contributed by atoms with E-state index in [0.717, 1.165) is 19.5 Å². The van der Waals surface area contributed by atoms with Crippen LogP contribution in [0.1, 0.15) is 34.1 Å². The fraction of sp³-hybridized carbons (Fsp3) is 0.917. The van der Waals surface area contributed by atoms with Crippen LogP contribution in [0.25, 0.3) is 0 Å². The van der Waals surface area contributed by atoms with E-state index in [2.05, 4.69) is 5.32 Å².